The third-order valence-corrected chi connectivity index (χ3v) is 2.03. The highest BCUT2D eigenvalue weighted by molar-refractivity contribution is 7.12. The topological polar surface area (TPSA) is 17.1 Å². The Hall–Kier alpha value is -0.700. The van der Waals surface area contributed by atoms with Gasteiger partial charge in [0.25, 0.3) is 0 Å². The lowest BCUT2D eigenvalue weighted by atomic mass is 10.2. The van der Waals surface area contributed by atoms with Crippen LogP contribution < -0.4 is 0 Å². The van der Waals surface area contributed by atoms with Crippen LogP contribution in [0.1, 0.15) is 16.1 Å². The van der Waals surface area contributed by atoms with Crippen LogP contribution in [0.5, 0.6) is 0 Å². The molecule has 0 fully saturated rings. The van der Waals surface area contributed by atoms with Crippen LogP contribution >= 0.6 is 11.3 Å². The number of carbonyl (C=O) groups excluding carboxylic acids is 1. The number of ketones is 1. The first-order chi connectivity index (χ1) is 4.84. The summed E-state index contributed by atoms with van der Waals surface area (Å²) in [6, 6.07) is 3.50. The fourth-order valence-electron chi connectivity index (χ4n) is 0.646. The van der Waals surface area contributed by atoms with Gasteiger partial charge in [0.1, 0.15) is 0 Å². The van der Waals surface area contributed by atoms with Gasteiger partial charge in [-0.2, -0.15) is 0 Å². The van der Waals surface area contributed by atoms with Gasteiger partial charge in [0.2, 0.25) is 0 Å². The van der Waals surface area contributed by atoms with Gasteiger partial charge in [-0.05, 0) is 11.4 Å². The number of halogens is 1. The summed E-state index contributed by atoms with van der Waals surface area (Å²) in [4.78, 5) is 11.5. The molecule has 1 heterocycles. The first-order valence-electron chi connectivity index (χ1n) is 2.97. The van der Waals surface area contributed by atoms with Gasteiger partial charge < -0.3 is 0 Å². The first kappa shape index (κ1) is 7.41. The molecule has 10 heavy (non-hydrogen) atoms. The maximum atomic E-state index is 11.6. The zero-order chi connectivity index (χ0) is 7.40. The molecule has 1 rings (SSSR count). The smallest absolute Gasteiger partial charge is 0.175 e. The number of hydrogen-bond donors (Lipinski definition) is 0. The Kier molecular flexibility index (Phi) is 2.57. The standard InChI is InChI=1S/C7H7FOS/c8-4-3-6(9)7-2-1-5-10-7/h1-2,5H,3-4H2. The predicted octanol–water partition coefficient (Wildman–Crippen LogP) is 2.29. The van der Waals surface area contributed by atoms with Crippen LogP contribution in [0, 0.1) is 0 Å². The summed E-state index contributed by atoms with van der Waals surface area (Å²) in [6.45, 7) is -0.559. The van der Waals surface area contributed by atoms with Crippen LogP contribution in [0.3, 0.4) is 0 Å². The van der Waals surface area contributed by atoms with Gasteiger partial charge in [0.15, 0.2) is 5.78 Å². The molecule has 1 aromatic heterocycles. The number of Topliss-reactive ketones (excluding diaryl/α,β-unsaturated/α-hetero) is 1. The molecule has 54 valence electrons. The lowest BCUT2D eigenvalue weighted by Gasteiger charge is -1.89. The Balaban J connectivity index is 2.59. The van der Waals surface area contributed by atoms with Crippen molar-refractivity contribution in [2.75, 3.05) is 6.67 Å². The van der Waals surface area contributed by atoms with Crippen molar-refractivity contribution < 1.29 is 9.18 Å². The second-order valence-electron chi connectivity index (χ2n) is 1.84. The molecule has 0 aromatic carbocycles. The highest BCUT2D eigenvalue weighted by Crippen LogP contribution is 2.10. The van der Waals surface area contributed by atoms with Gasteiger partial charge in [-0.3, -0.25) is 9.18 Å². The molecule has 0 saturated carbocycles. The molecule has 0 aliphatic carbocycles. The Morgan fingerprint density at radius 3 is 3.00 bits per heavy atom. The van der Waals surface area contributed by atoms with Gasteiger partial charge in [-0.1, -0.05) is 6.07 Å². The van der Waals surface area contributed by atoms with E-state index in [1.54, 1.807) is 12.1 Å². The van der Waals surface area contributed by atoms with Gasteiger partial charge >= 0.3 is 0 Å². The largest absolute Gasteiger partial charge is 0.293 e. The number of hydrogen-bond acceptors (Lipinski definition) is 2. The molecule has 0 bridgehead atoms. The highest BCUT2D eigenvalue weighted by atomic mass is 32.1. The van der Waals surface area contributed by atoms with Gasteiger partial charge in [0, 0.05) is 6.42 Å². The molecule has 0 N–H and O–H groups in total. The van der Waals surface area contributed by atoms with E-state index in [2.05, 4.69) is 0 Å². The highest BCUT2D eigenvalue weighted by Gasteiger charge is 2.04. The van der Waals surface area contributed by atoms with Crippen LogP contribution in [0.4, 0.5) is 4.39 Å². The van der Waals surface area contributed by atoms with Crippen LogP contribution in [-0.2, 0) is 0 Å². The maximum absolute atomic E-state index is 11.6. The summed E-state index contributed by atoms with van der Waals surface area (Å²) in [5.41, 5.74) is 0. The van der Waals surface area contributed by atoms with Crippen molar-refractivity contribution in [2.45, 2.75) is 6.42 Å². The zero-order valence-corrected chi connectivity index (χ0v) is 6.16. The van der Waals surface area contributed by atoms with Crippen molar-refractivity contribution in [1.82, 2.24) is 0 Å². The van der Waals surface area contributed by atoms with E-state index in [0.717, 1.165) is 0 Å². The lowest BCUT2D eigenvalue weighted by Crippen LogP contribution is -1.95. The molecular weight excluding hydrogens is 151 g/mol. The van der Waals surface area contributed by atoms with Crippen molar-refractivity contribution in [1.29, 1.82) is 0 Å². The fraction of sp³-hybridized carbons (Fsp3) is 0.286. The second kappa shape index (κ2) is 3.46. The van der Waals surface area contributed by atoms with E-state index in [1.165, 1.54) is 11.3 Å². The Labute approximate surface area is 62.5 Å². The Morgan fingerprint density at radius 2 is 2.50 bits per heavy atom. The number of thiophene rings is 1. The van der Waals surface area contributed by atoms with Crippen molar-refractivity contribution >= 4 is 17.1 Å². The van der Waals surface area contributed by atoms with Gasteiger partial charge in [-0.25, -0.2) is 0 Å². The molecule has 0 amide bonds. The zero-order valence-electron chi connectivity index (χ0n) is 5.34. The van der Waals surface area contributed by atoms with Crippen molar-refractivity contribution in [3.05, 3.63) is 22.4 Å². The third kappa shape index (κ3) is 1.64. The summed E-state index contributed by atoms with van der Waals surface area (Å²) >= 11 is 1.35. The first-order valence-corrected chi connectivity index (χ1v) is 3.85. The lowest BCUT2D eigenvalue weighted by molar-refractivity contribution is 0.0978. The van der Waals surface area contributed by atoms with Gasteiger partial charge in [0.05, 0.1) is 11.6 Å². The normalized spacial score (nSPS) is 9.70. The molecule has 0 unspecified atom stereocenters. The van der Waals surface area contributed by atoms with Crippen LogP contribution in [-0.4, -0.2) is 12.5 Å². The minimum absolute atomic E-state index is 0.0144. The molecule has 3 heteroatoms. The summed E-state index contributed by atoms with van der Waals surface area (Å²) in [5.74, 6) is -0.0995. The van der Waals surface area contributed by atoms with E-state index in [-0.39, 0.29) is 12.2 Å². The van der Waals surface area contributed by atoms with E-state index in [9.17, 15) is 9.18 Å². The molecular formula is C7H7FOS. The van der Waals surface area contributed by atoms with Crippen molar-refractivity contribution in [3.63, 3.8) is 0 Å². The Bertz CT molecular complexity index is 205. The SMILES string of the molecule is O=C(CCF)c1cccs1. The van der Waals surface area contributed by atoms with E-state index in [0.29, 0.717) is 4.88 Å². The summed E-state index contributed by atoms with van der Waals surface area (Å²) in [5, 5.41) is 1.81. The number of carbonyl (C=O) groups is 1. The molecule has 1 aromatic rings. The third-order valence-electron chi connectivity index (χ3n) is 1.12. The van der Waals surface area contributed by atoms with Crippen LogP contribution in [0.25, 0.3) is 0 Å². The van der Waals surface area contributed by atoms with Crippen LogP contribution in [0.2, 0.25) is 0 Å². The average Bonchev–Trinajstić information content (AvgIpc) is 2.38. The molecule has 0 radical (unpaired) electrons. The molecule has 0 atom stereocenters. The second-order valence-corrected chi connectivity index (χ2v) is 2.79. The summed E-state index contributed by atoms with van der Waals surface area (Å²) in [7, 11) is 0. The molecule has 0 aliphatic rings. The molecule has 0 spiro atoms. The van der Waals surface area contributed by atoms with E-state index in [1.807, 2.05) is 5.38 Å². The van der Waals surface area contributed by atoms with Crippen molar-refractivity contribution in [2.24, 2.45) is 0 Å². The maximum Gasteiger partial charge on any atom is 0.175 e. The quantitative estimate of drug-likeness (QED) is 0.617. The minimum atomic E-state index is -0.559. The van der Waals surface area contributed by atoms with E-state index in [4.69, 9.17) is 0 Å². The predicted molar refractivity (Wildman–Crippen MR) is 39.2 cm³/mol. The molecule has 1 nitrogen and oxygen atoms in total. The van der Waals surface area contributed by atoms with E-state index < -0.39 is 6.67 Å². The molecule has 0 saturated heterocycles. The fourth-order valence-corrected chi connectivity index (χ4v) is 1.34. The minimum Gasteiger partial charge on any atom is -0.293 e. The number of alkyl halides is 1. The van der Waals surface area contributed by atoms with Crippen LogP contribution in [0.15, 0.2) is 17.5 Å². The average molecular weight is 158 g/mol. The van der Waals surface area contributed by atoms with Crippen molar-refractivity contribution in [3.8, 4) is 0 Å². The summed E-state index contributed by atoms with van der Waals surface area (Å²) < 4.78 is 11.6. The number of rotatable bonds is 3. The van der Waals surface area contributed by atoms with E-state index >= 15 is 0 Å². The monoisotopic (exact) mass is 158 g/mol. The van der Waals surface area contributed by atoms with Gasteiger partial charge in [-0.15, -0.1) is 11.3 Å². The molecule has 0 aliphatic heterocycles. The Morgan fingerprint density at radius 1 is 1.70 bits per heavy atom. The summed E-state index contributed by atoms with van der Waals surface area (Å²) in [6.07, 6.45) is 0.0144.